The fourth-order valence-electron chi connectivity index (χ4n) is 3.31. The van der Waals surface area contributed by atoms with Gasteiger partial charge >= 0.3 is 6.18 Å². The van der Waals surface area contributed by atoms with Crippen molar-refractivity contribution in [3.05, 3.63) is 47.4 Å². The molecule has 0 aromatic heterocycles. The summed E-state index contributed by atoms with van der Waals surface area (Å²) in [5.41, 5.74) is 3.12. The van der Waals surface area contributed by atoms with E-state index in [1.807, 2.05) is 29.2 Å². The lowest BCUT2D eigenvalue weighted by Gasteiger charge is -2.34. The van der Waals surface area contributed by atoms with Crippen LogP contribution in [0.2, 0.25) is 0 Å². The second kappa shape index (κ2) is 8.37. The summed E-state index contributed by atoms with van der Waals surface area (Å²) in [6.07, 6.45) is -3.85. The number of nitrogens with zero attached hydrogens (tertiary/aromatic N) is 2. The zero-order valence-corrected chi connectivity index (χ0v) is 15.3. The SMILES string of the molecule is CNc1cc(Nc2ccc(N3CCC(C(F)(F)F)CC3)cc2)ccc1ON=O. The standard InChI is InChI=1S/C19H21F3N4O2/c1-23-17-12-15(4-7-18(17)28-25-27)24-14-2-5-16(6-3-14)26-10-8-13(9-11-26)19(20,21)22/h2-7,12-13,23-24H,8-11H2,1H3. The summed E-state index contributed by atoms with van der Waals surface area (Å²) in [7, 11) is 1.70. The van der Waals surface area contributed by atoms with Gasteiger partial charge in [-0.25, -0.2) is 0 Å². The number of alkyl halides is 3. The largest absolute Gasteiger partial charge is 0.391 e. The van der Waals surface area contributed by atoms with E-state index >= 15 is 0 Å². The van der Waals surface area contributed by atoms with Gasteiger partial charge in [-0.3, -0.25) is 0 Å². The summed E-state index contributed by atoms with van der Waals surface area (Å²) >= 11 is 0. The first-order valence-electron chi connectivity index (χ1n) is 8.91. The summed E-state index contributed by atoms with van der Waals surface area (Å²) in [5, 5.41) is 8.58. The lowest BCUT2D eigenvalue weighted by Crippen LogP contribution is -2.38. The smallest absolute Gasteiger partial charge is 0.385 e. The molecule has 1 aliphatic heterocycles. The zero-order chi connectivity index (χ0) is 20.1. The average Bonchev–Trinajstić information content (AvgIpc) is 2.69. The number of anilines is 4. The molecule has 1 saturated heterocycles. The van der Waals surface area contributed by atoms with Crippen LogP contribution in [-0.2, 0) is 0 Å². The quantitative estimate of drug-likeness (QED) is 0.513. The van der Waals surface area contributed by atoms with E-state index in [-0.39, 0.29) is 12.8 Å². The number of benzene rings is 2. The average molecular weight is 394 g/mol. The van der Waals surface area contributed by atoms with Crippen molar-refractivity contribution in [2.75, 3.05) is 35.7 Å². The molecule has 0 aliphatic carbocycles. The van der Waals surface area contributed by atoms with Gasteiger partial charge in [0.15, 0.2) is 11.1 Å². The molecule has 2 N–H and O–H groups in total. The van der Waals surface area contributed by atoms with Crippen LogP contribution in [0.5, 0.6) is 5.75 Å². The molecule has 0 saturated carbocycles. The highest BCUT2D eigenvalue weighted by molar-refractivity contribution is 5.70. The van der Waals surface area contributed by atoms with Crippen LogP contribution >= 0.6 is 0 Å². The summed E-state index contributed by atoms with van der Waals surface area (Å²) in [5.74, 6) is -0.881. The number of piperidine rings is 1. The predicted molar refractivity (Wildman–Crippen MR) is 103 cm³/mol. The Morgan fingerprint density at radius 1 is 1.07 bits per heavy atom. The lowest BCUT2D eigenvalue weighted by atomic mass is 9.96. The third-order valence-electron chi connectivity index (χ3n) is 4.86. The van der Waals surface area contributed by atoms with Gasteiger partial charge in [-0.15, -0.1) is 4.91 Å². The minimum absolute atomic E-state index is 0.125. The fraction of sp³-hybridized carbons (Fsp3) is 0.368. The molecule has 6 nitrogen and oxygen atoms in total. The van der Waals surface area contributed by atoms with Crippen LogP contribution in [0, 0.1) is 10.8 Å². The van der Waals surface area contributed by atoms with Crippen molar-refractivity contribution < 1.29 is 18.0 Å². The summed E-state index contributed by atoms with van der Waals surface area (Å²) in [6, 6.07) is 12.7. The Morgan fingerprint density at radius 3 is 2.29 bits per heavy atom. The minimum atomic E-state index is -4.10. The Kier molecular flexibility index (Phi) is 5.91. The third kappa shape index (κ3) is 4.65. The first-order chi connectivity index (χ1) is 13.4. The van der Waals surface area contributed by atoms with E-state index in [9.17, 15) is 18.1 Å². The third-order valence-corrected chi connectivity index (χ3v) is 4.86. The molecule has 0 unspecified atom stereocenters. The van der Waals surface area contributed by atoms with Gasteiger partial charge < -0.3 is 20.4 Å². The summed E-state index contributed by atoms with van der Waals surface area (Å²) < 4.78 is 38.4. The Morgan fingerprint density at radius 2 is 1.71 bits per heavy atom. The molecular formula is C19H21F3N4O2. The molecule has 0 atom stereocenters. The van der Waals surface area contributed by atoms with Crippen molar-refractivity contribution in [2.24, 2.45) is 11.3 Å². The Labute approximate surface area is 160 Å². The van der Waals surface area contributed by atoms with Gasteiger partial charge in [0, 0.05) is 37.2 Å². The Hall–Kier alpha value is -2.97. The van der Waals surface area contributed by atoms with E-state index in [0.717, 1.165) is 17.1 Å². The van der Waals surface area contributed by atoms with Gasteiger partial charge in [-0.05, 0) is 55.3 Å². The maximum Gasteiger partial charge on any atom is 0.391 e. The molecule has 2 aromatic rings. The molecule has 9 heteroatoms. The first-order valence-corrected chi connectivity index (χ1v) is 8.91. The van der Waals surface area contributed by atoms with E-state index in [4.69, 9.17) is 0 Å². The van der Waals surface area contributed by atoms with E-state index in [0.29, 0.717) is 24.5 Å². The molecule has 1 aliphatic rings. The highest BCUT2D eigenvalue weighted by Crippen LogP contribution is 2.36. The Balaban J connectivity index is 1.63. The van der Waals surface area contributed by atoms with Crippen LogP contribution in [0.1, 0.15) is 12.8 Å². The zero-order valence-electron chi connectivity index (χ0n) is 15.3. The number of nitrogens with one attached hydrogen (secondary N) is 2. The number of rotatable bonds is 6. The van der Waals surface area contributed by atoms with E-state index in [2.05, 4.69) is 20.8 Å². The lowest BCUT2D eigenvalue weighted by molar-refractivity contribution is -0.179. The van der Waals surface area contributed by atoms with Gasteiger partial charge in [-0.2, -0.15) is 13.2 Å². The van der Waals surface area contributed by atoms with Crippen molar-refractivity contribution in [3.8, 4) is 5.75 Å². The molecule has 0 radical (unpaired) electrons. The summed E-state index contributed by atoms with van der Waals surface area (Å²) in [4.78, 5) is 16.9. The molecule has 0 bridgehead atoms. The van der Waals surface area contributed by atoms with Crippen molar-refractivity contribution in [2.45, 2.75) is 19.0 Å². The van der Waals surface area contributed by atoms with Gasteiger partial charge in [0.2, 0.25) is 0 Å². The van der Waals surface area contributed by atoms with Crippen LogP contribution in [-0.4, -0.2) is 26.3 Å². The predicted octanol–water partition coefficient (Wildman–Crippen LogP) is 5.31. The molecule has 150 valence electrons. The van der Waals surface area contributed by atoms with Crippen LogP contribution in [0.25, 0.3) is 0 Å². The molecular weight excluding hydrogens is 373 g/mol. The molecule has 0 spiro atoms. The van der Waals surface area contributed by atoms with Gasteiger partial charge in [-0.1, -0.05) is 0 Å². The van der Waals surface area contributed by atoms with E-state index in [1.165, 1.54) is 0 Å². The van der Waals surface area contributed by atoms with Crippen molar-refractivity contribution in [3.63, 3.8) is 0 Å². The minimum Gasteiger partial charge on any atom is -0.385 e. The van der Waals surface area contributed by atoms with E-state index < -0.39 is 12.1 Å². The first kappa shape index (κ1) is 19.8. The molecule has 2 aromatic carbocycles. The summed E-state index contributed by atoms with van der Waals surface area (Å²) in [6.45, 7) is 0.795. The maximum absolute atomic E-state index is 12.8. The monoisotopic (exact) mass is 394 g/mol. The molecule has 28 heavy (non-hydrogen) atoms. The van der Waals surface area contributed by atoms with Crippen LogP contribution in [0.15, 0.2) is 47.8 Å². The van der Waals surface area contributed by atoms with Gasteiger partial charge in [0.1, 0.15) is 0 Å². The Bertz CT molecular complexity index is 804. The number of halogens is 3. The van der Waals surface area contributed by atoms with Crippen LogP contribution < -0.4 is 20.4 Å². The van der Waals surface area contributed by atoms with Crippen molar-refractivity contribution in [1.82, 2.24) is 0 Å². The molecule has 3 rings (SSSR count). The number of hydrogen-bond donors (Lipinski definition) is 2. The second-order valence-electron chi connectivity index (χ2n) is 6.60. The van der Waals surface area contributed by atoms with Gasteiger partial charge in [0.25, 0.3) is 0 Å². The molecule has 1 fully saturated rings. The molecule has 1 heterocycles. The van der Waals surface area contributed by atoms with E-state index in [1.54, 1.807) is 25.2 Å². The van der Waals surface area contributed by atoms with Crippen LogP contribution in [0.4, 0.5) is 35.9 Å². The topological polar surface area (TPSA) is 66.0 Å². The highest BCUT2D eigenvalue weighted by Gasteiger charge is 2.41. The van der Waals surface area contributed by atoms with Gasteiger partial charge in [0.05, 0.1) is 11.6 Å². The molecule has 0 amide bonds. The second-order valence-corrected chi connectivity index (χ2v) is 6.60. The van der Waals surface area contributed by atoms with Crippen LogP contribution in [0.3, 0.4) is 0 Å². The van der Waals surface area contributed by atoms with Crippen molar-refractivity contribution in [1.29, 1.82) is 0 Å². The van der Waals surface area contributed by atoms with Crippen molar-refractivity contribution >= 4 is 22.7 Å². The maximum atomic E-state index is 12.8. The normalized spacial score (nSPS) is 15.2. The number of hydrogen-bond acceptors (Lipinski definition) is 6. The fourth-order valence-corrected chi connectivity index (χ4v) is 3.31. The highest BCUT2D eigenvalue weighted by atomic mass is 19.4.